The number of H-pyrrole nitrogens is 1. The van der Waals surface area contributed by atoms with Gasteiger partial charge >= 0.3 is 0 Å². The van der Waals surface area contributed by atoms with Gasteiger partial charge in [0.05, 0.1) is 18.8 Å². The highest BCUT2D eigenvalue weighted by molar-refractivity contribution is 6.31. The van der Waals surface area contributed by atoms with Gasteiger partial charge in [-0.15, -0.1) is 5.10 Å². The molecule has 22 heavy (non-hydrogen) atoms. The van der Waals surface area contributed by atoms with Crippen LogP contribution in [-0.4, -0.2) is 44.0 Å². The van der Waals surface area contributed by atoms with Crippen molar-refractivity contribution in [2.75, 3.05) is 14.1 Å². The van der Waals surface area contributed by atoms with E-state index in [2.05, 4.69) is 25.2 Å². The van der Waals surface area contributed by atoms with Crippen molar-refractivity contribution in [2.45, 2.75) is 12.6 Å². The number of aromatic amines is 1. The van der Waals surface area contributed by atoms with Crippen LogP contribution in [0.15, 0.2) is 42.9 Å². The van der Waals surface area contributed by atoms with Crippen LogP contribution in [0.4, 0.5) is 0 Å². The lowest BCUT2D eigenvalue weighted by Crippen LogP contribution is -2.25. The molecule has 0 aliphatic heterocycles. The second-order valence-electron chi connectivity index (χ2n) is 5.26. The molecule has 1 N–H and O–H groups in total. The first-order valence-corrected chi connectivity index (χ1v) is 7.33. The number of likely N-dealkylation sites (N-methyl/N-ethyl adjacent to an activating group) is 1. The third-order valence-corrected chi connectivity index (χ3v) is 3.87. The van der Waals surface area contributed by atoms with E-state index in [0.717, 1.165) is 16.3 Å². The lowest BCUT2D eigenvalue weighted by molar-refractivity contribution is 0.259. The first-order valence-electron chi connectivity index (χ1n) is 6.96. The molecule has 0 amide bonds. The first-order chi connectivity index (χ1) is 10.6. The Kier molecular flexibility index (Phi) is 4.22. The molecule has 0 aliphatic rings. The zero-order valence-corrected chi connectivity index (χ0v) is 13.2. The van der Waals surface area contributed by atoms with Gasteiger partial charge in [-0.05, 0) is 25.7 Å². The molecule has 3 rings (SSSR count). The van der Waals surface area contributed by atoms with Crippen LogP contribution in [0.2, 0.25) is 5.02 Å². The zero-order chi connectivity index (χ0) is 15.5. The Labute approximate surface area is 133 Å². The zero-order valence-electron chi connectivity index (χ0n) is 12.4. The Morgan fingerprint density at radius 1 is 1.32 bits per heavy atom. The number of halogens is 1. The molecule has 0 radical (unpaired) electrons. The molecule has 0 unspecified atom stereocenters. The Morgan fingerprint density at radius 2 is 2.14 bits per heavy atom. The molecule has 0 bridgehead atoms. The Bertz CT molecular complexity index is 734. The van der Waals surface area contributed by atoms with Gasteiger partial charge in [-0.3, -0.25) is 0 Å². The number of hydrogen-bond donors (Lipinski definition) is 1. The highest BCUT2D eigenvalue weighted by Crippen LogP contribution is 2.27. The van der Waals surface area contributed by atoms with E-state index in [1.165, 1.54) is 0 Å². The molecular formula is C15H17ClN6. The summed E-state index contributed by atoms with van der Waals surface area (Å²) in [6.07, 6.45) is 5.34. The number of aromatic nitrogens is 5. The summed E-state index contributed by atoms with van der Waals surface area (Å²) in [4.78, 5) is 9.33. The minimum absolute atomic E-state index is 0.111. The maximum absolute atomic E-state index is 6.33. The van der Waals surface area contributed by atoms with E-state index in [1.54, 1.807) is 12.4 Å². The van der Waals surface area contributed by atoms with E-state index in [1.807, 2.05) is 49.2 Å². The molecule has 0 saturated heterocycles. The van der Waals surface area contributed by atoms with Crippen LogP contribution in [0.3, 0.4) is 0 Å². The Hall–Kier alpha value is -2.18. The van der Waals surface area contributed by atoms with E-state index < -0.39 is 0 Å². The molecule has 3 aromatic rings. The van der Waals surface area contributed by atoms with Gasteiger partial charge < -0.3 is 9.88 Å². The van der Waals surface area contributed by atoms with Gasteiger partial charge in [0, 0.05) is 17.4 Å². The smallest absolute Gasteiger partial charge is 0.159 e. The monoisotopic (exact) mass is 316 g/mol. The van der Waals surface area contributed by atoms with Crippen molar-refractivity contribution in [1.29, 1.82) is 0 Å². The average molecular weight is 317 g/mol. The summed E-state index contributed by atoms with van der Waals surface area (Å²) in [6, 6.07) is 7.98. The van der Waals surface area contributed by atoms with Crippen molar-refractivity contribution >= 4 is 11.6 Å². The second kappa shape index (κ2) is 6.29. The van der Waals surface area contributed by atoms with Crippen molar-refractivity contribution < 1.29 is 0 Å². The summed E-state index contributed by atoms with van der Waals surface area (Å²) in [7, 11) is 4.05. The summed E-state index contributed by atoms with van der Waals surface area (Å²) >= 11 is 6.33. The lowest BCUT2D eigenvalue weighted by Gasteiger charge is -2.25. The molecule has 0 aliphatic carbocycles. The van der Waals surface area contributed by atoms with Crippen LogP contribution in [0, 0.1) is 0 Å². The van der Waals surface area contributed by atoms with Crippen molar-refractivity contribution in [2.24, 2.45) is 0 Å². The fraction of sp³-hybridized carbons (Fsp3) is 0.267. The van der Waals surface area contributed by atoms with Crippen LogP contribution in [0.25, 0.3) is 11.5 Å². The summed E-state index contributed by atoms with van der Waals surface area (Å²) in [5, 5.41) is 9.10. The van der Waals surface area contributed by atoms with E-state index in [-0.39, 0.29) is 6.04 Å². The second-order valence-corrected chi connectivity index (χ2v) is 5.67. The minimum Gasteiger partial charge on any atom is -0.343 e. The maximum atomic E-state index is 6.33. The minimum atomic E-state index is 0.111. The van der Waals surface area contributed by atoms with Gasteiger partial charge in [0.15, 0.2) is 5.82 Å². The third kappa shape index (κ3) is 3.03. The normalized spacial score (nSPS) is 12.7. The standard InChI is InChI=1S/C15H17ClN6/c1-21(2)14(11-5-3-4-6-12(11)16)10-22-9-13(19-20-22)15-17-7-8-18-15/h3-9,14H,10H2,1-2H3,(H,17,18)/t14-/m0/s1. The molecule has 2 aromatic heterocycles. The maximum Gasteiger partial charge on any atom is 0.159 e. The van der Waals surface area contributed by atoms with Gasteiger partial charge in [0.25, 0.3) is 0 Å². The first kappa shape index (κ1) is 14.7. The van der Waals surface area contributed by atoms with E-state index >= 15 is 0 Å². The number of imidazole rings is 1. The van der Waals surface area contributed by atoms with Gasteiger partial charge in [-0.2, -0.15) is 0 Å². The Morgan fingerprint density at radius 3 is 2.82 bits per heavy atom. The summed E-state index contributed by atoms with van der Waals surface area (Å²) in [6.45, 7) is 0.657. The van der Waals surface area contributed by atoms with Crippen molar-refractivity contribution in [3.63, 3.8) is 0 Å². The predicted molar refractivity (Wildman–Crippen MR) is 85.5 cm³/mol. The lowest BCUT2D eigenvalue weighted by atomic mass is 10.1. The summed E-state index contributed by atoms with van der Waals surface area (Å²) in [5.41, 5.74) is 1.80. The number of nitrogens with zero attached hydrogens (tertiary/aromatic N) is 5. The molecule has 7 heteroatoms. The molecule has 6 nitrogen and oxygen atoms in total. The van der Waals surface area contributed by atoms with Gasteiger partial charge in [0.1, 0.15) is 5.69 Å². The van der Waals surface area contributed by atoms with Crippen molar-refractivity contribution in [3.8, 4) is 11.5 Å². The largest absolute Gasteiger partial charge is 0.343 e. The molecule has 1 atom stereocenters. The van der Waals surface area contributed by atoms with E-state index in [9.17, 15) is 0 Å². The highest BCUT2D eigenvalue weighted by atomic mass is 35.5. The fourth-order valence-corrected chi connectivity index (χ4v) is 2.63. The SMILES string of the molecule is CN(C)[C@@H](Cn1cc(-c2ncc[nH]2)nn1)c1ccccc1Cl. The molecule has 0 spiro atoms. The van der Waals surface area contributed by atoms with Crippen LogP contribution in [-0.2, 0) is 6.54 Å². The van der Waals surface area contributed by atoms with Crippen LogP contribution in [0.5, 0.6) is 0 Å². The van der Waals surface area contributed by atoms with Gasteiger partial charge in [-0.1, -0.05) is 35.0 Å². The molecule has 1 aromatic carbocycles. The average Bonchev–Trinajstić information content (AvgIpc) is 3.16. The van der Waals surface area contributed by atoms with Crippen molar-refractivity contribution in [1.82, 2.24) is 29.9 Å². The van der Waals surface area contributed by atoms with Crippen molar-refractivity contribution in [3.05, 3.63) is 53.4 Å². The van der Waals surface area contributed by atoms with Gasteiger partial charge in [0.2, 0.25) is 0 Å². The number of benzene rings is 1. The molecule has 0 saturated carbocycles. The topological polar surface area (TPSA) is 62.6 Å². The highest BCUT2D eigenvalue weighted by Gasteiger charge is 2.18. The van der Waals surface area contributed by atoms with Gasteiger partial charge in [-0.25, -0.2) is 9.67 Å². The predicted octanol–water partition coefficient (Wildman–Crippen LogP) is 2.62. The molecule has 114 valence electrons. The van der Waals surface area contributed by atoms with E-state index in [0.29, 0.717) is 12.4 Å². The van der Waals surface area contributed by atoms with Crippen LogP contribution in [0.1, 0.15) is 11.6 Å². The molecule has 2 heterocycles. The Balaban J connectivity index is 1.85. The third-order valence-electron chi connectivity index (χ3n) is 3.53. The summed E-state index contributed by atoms with van der Waals surface area (Å²) < 4.78 is 1.81. The number of nitrogens with one attached hydrogen (secondary N) is 1. The fourth-order valence-electron chi connectivity index (χ4n) is 2.36. The number of hydrogen-bond acceptors (Lipinski definition) is 4. The molecule has 0 fully saturated rings. The van der Waals surface area contributed by atoms with Crippen LogP contribution < -0.4 is 0 Å². The summed E-state index contributed by atoms with van der Waals surface area (Å²) in [5.74, 6) is 0.713. The number of rotatable bonds is 5. The van der Waals surface area contributed by atoms with Crippen LogP contribution >= 0.6 is 11.6 Å². The molecular weight excluding hydrogens is 300 g/mol. The van der Waals surface area contributed by atoms with E-state index in [4.69, 9.17) is 11.6 Å². The quantitative estimate of drug-likeness (QED) is 0.786.